The molecule has 1 amide bonds. The molecule has 6 nitrogen and oxygen atoms in total. The highest BCUT2D eigenvalue weighted by atomic mass is 16.4. The first-order valence-corrected chi connectivity index (χ1v) is 5.42. The average Bonchev–Trinajstić information content (AvgIpc) is 2.64. The van der Waals surface area contributed by atoms with Crippen LogP contribution in [0.2, 0.25) is 0 Å². The number of ketones is 1. The van der Waals surface area contributed by atoms with E-state index in [4.69, 9.17) is 4.42 Å². The van der Waals surface area contributed by atoms with Crippen LogP contribution in [0.1, 0.15) is 18.9 Å². The molecule has 2 aromatic rings. The van der Waals surface area contributed by atoms with Crippen molar-refractivity contribution in [1.29, 1.82) is 0 Å². The van der Waals surface area contributed by atoms with Crippen LogP contribution >= 0.6 is 0 Å². The molecule has 0 aliphatic carbocycles. The second-order valence-corrected chi connectivity index (χ2v) is 4.00. The monoisotopic (exact) mass is 248 g/mol. The van der Waals surface area contributed by atoms with Gasteiger partial charge in [-0.2, -0.15) is 0 Å². The van der Waals surface area contributed by atoms with E-state index in [1.54, 1.807) is 18.2 Å². The lowest BCUT2D eigenvalue weighted by Gasteiger charge is -2.03. The van der Waals surface area contributed by atoms with Gasteiger partial charge in [-0.15, -0.1) is 0 Å². The second-order valence-electron chi connectivity index (χ2n) is 4.00. The third kappa shape index (κ3) is 2.85. The highest BCUT2D eigenvalue weighted by Crippen LogP contribution is 2.11. The zero-order valence-corrected chi connectivity index (χ0v) is 9.78. The van der Waals surface area contributed by atoms with Crippen molar-refractivity contribution in [2.45, 2.75) is 19.9 Å². The molecule has 18 heavy (non-hydrogen) atoms. The number of amides is 1. The molecule has 0 radical (unpaired) electrons. The highest BCUT2D eigenvalue weighted by molar-refractivity contribution is 5.96. The fourth-order valence-electron chi connectivity index (χ4n) is 1.60. The molecule has 0 aliphatic heterocycles. The molecule has 0 atom stereocenters. The number of rotatable bonds is 4. The first kappa shape index (κ1) is 12.1. The van der Waals surface area contributed by atoms with Crippen LogP contribution < -0.4 is 11.1 Å². The van der Waals surface area contributed by atoms with Crippen LogP contribution in [0, 0.1) is 0 Å². The molecular formula is C12H12N2O4. The number of H-pyrrole nitrogens is 1. The molecule has 0 saturated heterocycles. The number of oxazole rings is 1. The number of aromatic nitrogens is 1. The van der Waals surface area contributed by atoms with Crippen molar-refractivity contribution in [3.05, 3.63) is 34.3 Å². The van der Waals surface area contributed by atoms with E-state index in [-0.39, 0.29) is 18.1 Å². The number of nitrogens with one attached hydrogen (secondary N) is 2. The van der Waals surface area contributed by atoms with E-state index in [0.29, 0.717) is 17.6 Å². The van der Waals surface area contributed by atoms with Crippen molar-refractivity contribution in [2.75, 3.05) is 0 Å². The summed E-state index contributed by atoms with van der Waals surface area (Å²) in [6.45, 7) is 1.66. The van der Waals surface area contributed by atoms with Gasteiger partial charge in [-0.1, -0.05) is 6.07 Å². The summed E-state index contributed by atoms with van der Waals surface area (Å²) in [5.41, 5.74) is 1.87. The average molecular weight is 248 g/mol. The molecular weight excluding hydrogens is 236 g/mol. The highest BCUT2D eigenvalue weighted by Gasteiger charge is 2.06. The van der Waals surface area contributed by atoms with Gasteiger partial charge in [-0.3, -0.25) is 14.6 Å². The van der Waals surface area contributed by atoms with Gasteiger partial charge in [0.2, 0.25) is 5.91 Å². The van der Waals surface area contributed by atoms with Crippen molar-refractivity contribution in [1.82, 2.24) is 10.3 Å². The van der Waals surface area contributed by atoms with Crippen LogP contribution in [-0.4, -0.2) is 16.7 Å². The molecule has 0 fully saturated rings. The van der Waals surface area contributed by atoms with E-state index in [0.717, 1.165) is 5.56 Å². The number of aromatic amines is 1. The van der Waals surface area contributed by atoms with Gasteiger partial charge in [-0.05, 0) is 24.6 Å². The van der Waals surface area contributed by atoms with Crippen LogP contribution in [0.4, 0.5) is 0 Å². The Kier molecular flexibility index (Phi) is 3.27. The Bertz CT molecular complexity index is 653. The molecule has 1 heterocycles. The van der Waals surface area contributed by atoms with E-state index < -0.39 is 5.76 Å². The molecule has 1 aromatic carbocycles. The normalized spacial score (nSPS) is 10.5. The van der Waals surface area contributed by atoms with Crippen molar-refractivity contribution in [3.63, 3.8) is 0 Å². The molecule has 0 aliphatic rings. The minimum absolute atomic E-state index is 0.120. The Labute approximate surface area is 102 Å². The van der Waals surface area contributed by atoms with Gasteiger partial charge in [0.05, 0.1) is 11.9 Å². The van der Waals surface area contributed by atoms with Crippen LogP contribution in [0.5, 0.6) is 0 Å². The van der Waals surface area contributed by atoms with Gasteiger partial charge in [0.15, 0.2) is 5.58 Å². The Balaban J connectivity index is 2.05. The molecule has 2 N–H and O–H groups in total. The smallest absolute Gasteiger partial charge is 0.408 e. The van der Waals surface area contributed by atoms with Gasteiger partial charge < -0.3 is 9.73 Å². The number of Topliss-reactive ketones (excluding diaryl/α,β-unsaturated/α-hetero) is 1. The zero-order chi connectivity index (χ0) is 13.1. The molecule has 6 heteroatoms. The van der Waals surface area contributed by atoms with Crippen LogP contribution in [-0.2, 0) is 16.1 Å². The SMILES string of the molecule is CC(=O)CC(=O)NCc1ccc2oc(=O)[nH]c2c1. The quantitative estimate of drug-likeness (QED) is 0.779. The summed E-state index contributed by atoms with van der Waals surface area (Å²) in [6.07, 6.45) is -0.120. The van der Waals surface area contributed by atoms with E-state index in [1.165, 1.54) is 6.92 Å². The Hall–Kier alpha value is -2.37. The fourth-order valence-corrected chi connectivity index (χ4v) is 1.60. The lowest BCUT2D eigenvalue weighted by atomic mass is 10.2. The summed E-state index contributed by atoms with van der Waals surface area (Å²) in [7, 11) is 0. The summed E-state index contributed by atoms with van der Waals surface area (Å²) in [6, 6.07) is 5.11. The van der Waals surface area contributed by atoms with E-state index in [9.17, 15) is 14.4 Å². The number of carbonyl (C=O) groups excluding carboxylic acids is 2. The standard InChI is InChI=1S/C12H12N2O4/c1-7(15)4-11(16)13-6-8-2-3-10-9(5-8)14-12(17)18-10/h2-3,5H,4,6H2,1H3,(H,13,16)(H,14,17). The predicted octanol–water partition coefficient (Wildman–Crippen LogP) is 0.716. The maximum Gasteiger partial charge on any atom is 0.417 e. The van der Waals surface area contributed by atoms with E-state index in [2.05, 4.69) is 10.3 Å². The first-order chi connectivity index (χ1) is 8.54. The number of hydrogen-bond acceptors (Lipinski definition) is 4. The maximum absolute atomic E-state index is 11.3. The number of carbonyl (C=O) groups is 2. The van der Waals surface area contributed by atoms with Gasteiger partial charge in [-0.25, -0.2) is 4.79 Å². The topological polar surface area (TPSA) is 92.2 Å². The number of fused-ring (bicyclic) bond motifs is 1. The maximum atomic E-state index is 11.3. The van der Waals surface area contributed by atoms with E-state index in [1.807, 2.05) is 0 Å². The minimum atomic E-state index is -0.511. The zero-order valence-electron chi connectivity index (χ0n) is 9.78. The number of hydrogen-bond donors (Lipinski definition) is 2. The molecule has 0 saturated carbocycles. The summed E-state index contributed by atoms with van der Waals surface area (Å²) < 4.78 is 4.86. The summed E-state index contributed by atoms with van der Waals surface area (Å²) >= 11 is 0. The van der Waals surface area contributed by atoms with Crippen molar-refractivity contribution >= 4 is 22.8 Å². The summed E-state index contributed by atoms with van der Waals surface area (Å²) in [5.74, 6) is -1.01. The van der Waals surface area contributed by atoms with Crippen LogP contribution in [0.3, 0.4) is 0 Å². The molecule has 2 rings (SSSR count). The molecule has 94 valence electrons. The minimum Gasteiger partial charge on any atom is -0.408 e. The lowest BCUT2D eigenvalue weighted by molar-refractivity contribution is -0.127. The fraction of sp³-hybridized carbons (Fsp3) is 0.250. The van der Waals surface area contributed by atoms with Crippen molar-refractivity contribution in [2.24, 2.45) is 0 Å². The third-order valence-corrected chi connectivity index (χ3v) is 2.38. The van der Waals surface area contributed by atoms with Gasteiger partial charge in [0, 0.05) is 6.54 Å². The lowest BCUT2D eigenvalue weighted by Crippen LogP contribution is -2.24. The molecule has 1 aromatic heterocycles. The first-order valence-electron chi connectivity index (χ1n) is 5.42. The Morgan fingerprint density at radius 1 is 1.39 bits per heavy atom. The number of benzene rings is 1. The van der Waals surface area contributed by atoms with Gasteiger partial charge >= 0.3 is 5.76 Å². The molecule has 0 unspecified atom stereocenters. The van der Waals surface area contributed by atoms with Gasteiger partial charge in [0.1, 0.15) is 5.78 Å². The molecule has 0 bridgehead atoms. The van der Waals surface area contributed by atoms with E-state index >= 15 is 0 Å². The van der Waals surface area contributed by atoms with Crippen LogP contribution in [0.15, 0.2) is 27.4 Å². The predicted molar refractivity (Wildman–Crippen MR) is 64.0 cm³/mol. The summed E-state index contributed by atoms with van der Waals surface area (Å²) in [5, 5.41) is 2.62. The van der Waals surface area contributed by atoms with Gasteiger partial charge in [0.25, 0.3) is 0 Å². The molecule has 0 spiro atoms. The summed E-state index contributed by atoms with van der Waals surface area (Å²) in [4.78, 5) is 35.5. The van der Waals surface area contributed by atoms with Crippen LogP contribution in [0.25, 0.3) is 11.1 Å². The Morgan fingerprint density at radius 3 is 2.89 bits per heavy atom. The third-order valence-electron chi connectivity index (χ3n) is 2.38. The largest absolute Gasteiger partial charge is 0.417 e. The van der Waals surface area contributed by atoms with Crippen molar-refractivity contribution in [3.8, 4) is 0 Å². The second kappa shape index (κ2) is 4.87. The van der Waals surface area contributed by atoms with Crippen molar-refractivity contribution < 1.29 is 14.0 Å². The Morgan fingerprint density at radius 2 is 2.17 bits per heavy atom.